The summed E-state index contributed by atoms with van der Waals surface area (Å²) in [6.45, 7) is 3.83. The molecule has 1 unspecified atom stereocenters. The molecule has 1 fully saturated rings. The number of carbonyl (C=O) groups excluding carboxylic acids is 1. The zero-order valence-electron chi connectivity index (χ0n) is 8.12. The van der Waals surface area contributed by atoms with E-state index in [0.29, 0.717) is 5.92 Å². The van der Waals surface area contributed by atoms with E-state index in [1.54, 1.807) is 0 Å². The second-order valence-corrected chi connectivity index (χ2v) is 3.51. The molecular formula is C10H17O3. The molecule has 1 aliphatic carbocycles. The topological polar surface area (TPSA) is 35.5 Å². The summed E-state index contributed by atoms with van der Waals surface area (Å²) in [5.41, 5.74) is 0. The van der Waals surface area contributed by atoms with Gasteiger partial charge in [0.25, 0.3) is 0 Å². The van der Waals surface area contributed by atoms with Crippen LogP contribution < -0.4 is 0 Å². The Morgan fingerprint density at radius 2 is 2.00 bits per heavy atom. The Morgan fingerprint density at radius 3 is 2.54 bits per heavy atom. The lowest BCUT2D eigenvalue weighted by Crippen LogP contribution is -2.26. The number of carbonyl (C=O) groups is 1. The monoisotopic (exact) mass is 185 g/mol. The molecule has 1 aliphatic rings. The first-order valence-corrected chi connectivity index (χ1v) is 4.81. The summed E-state index contributed by atoms with van der Waals surface area (Å²) in [7, 11) is 1.32. The molecule has 0 N–H and O–H groups in total. The van der Waals surface area contributed by atoms with Gasteiger partial charge in [0.1, 0.15) is 6.10 Å². The Balaban J connectivity index is 2.28. The van der Waals surface area contributed by atoms with E-state index in [9.17, 15) is 4.79 Å². The Hall–Kier alpha value is -0.730. The Kier molecular flexibility index (Phi) is 4.06. The lowest BCUT2D eigenvalue weighted by Gasteiger charge is -2.26. The van der Waals surface area contributed by atoms with Crippen molar-refractivity contribution in [3.8, 4) is 0 Å². The van der Waals surface area contributed by atoms with Crippen LogP contribution in [0.15, 0.2) is 0 Å². The maximum Gasteiger partial charge on any atom is 0.508 e. The molecule has 3 heteroatoms. The zero-order chi connectivity index (χ0) is 9.68. The standard InChI is InChI=1S/C10H17O3/c1-8(13-10(11)12-2)9-6-4-3-5-7-9/h8-9H,1,3-7H2,2H3. The first-order chi connectivity index (χ1) is 6.24. The van der Waals surface area contributed by atoms with Crippen LogP contribution in [-0.2, 0) is 9.47 Å². The molecule has 1 atom stereocenters. The van der Waals surface area contributed by atoms with Crippen molar-refractivity contribution in [2.24, 2.45) is 5.92 Å². The Morgan fingerprint density at radius 1 is 1.38 bits per heavy atom. The highest BCUT2D eigenvalue weighted by atomic mass is 16.7. The molecule has 0 aromatic carbocycles. The lowest BCUT2D eigenvalue weighted by molar-refractivity contribution is 0.0242. The summed E-state index contributed by atoms with van der Waals surface area (Å²) in [4.78, 5) is 10.8. The third kappa shape index (κ3) is 3.25. The maximum absolute atomic E-state index is 10.8. The van der Waals surface area contributed by atoms with E-state index in [4.69, 9.17) is 4.74 Å². The van der Waals surface area contributed by atoms with E-state index in [0.717, 1.165) is 12.8 Å². The second kappa shape index (κ2) is 5.10. The molecule has 3 nitrogen and oxygen atoms in total. The molecule has 0 aromatic rings. The normalized spacial score (nSPS) is 20.8. The fraction of sp³-hybridized carbons (Fsp3) is 0.800. The van der Waals surface area contributed by atoms with Crippen molar-refractivity contribution in [3.63, 3.8) is 0 Å². The molecule has 0 spiro atoms. The molecule has 0 bridgehead atoms. The largest absolute Gasteiger partial charge is 0.508 e. The van der Waals surface area contributed by atoms with Gasteiger partial charge in [-0.1, -0.05) is 19.3 Å². The summed E-state index contributed by atoms with van der Waals surface area (Å²) >= 11 is 0. The Bertz CT molecular complexity index is 162. The van der Waals surface area contributed by atoms with Gasteiger partial charge >= 0.3 is 6.16 Å². The fourth-order valence-electron chi connectivity index (χ4n) is 1.77. The minimum atomic E-state index is -0.620. The van der Waals surface area contributed by atoms with Crippen molar-refractivity contribution < 1.29 is 14.3 Å². The highest BCUT2D eigenvalue weighted by molar-refractivity contribution is 5.59. The van der Waals surface area contributed by atoms with Gasteiger partial charge in [0, 0.05) is 0 Å². The van der Waals surface area contributed by atoms with Gasteiger partial charge in [0.05, 0.1) is 7.11 Å². The number of methoxy groups -OCH3 is 1. The highest BCUT2D eigenvalue weighted by Crippen LogP contribution is 2.27. The second-order valence-electron chi connectivity index (χ2n) is 3.51. The molecule has 13 heavy (non-hydrogen) atoms. The van der Waals surface area contributed by atoms with Gasteiger partial charge in [-0.2, -0.15) is 0 Å². The van der Waals surface area contributed by atoms with Gasteiger partial charge in [-0.05, 0) is 25.7 Å². The van der Waals surface area contributed by atoms with E-state index < -0.39 is 6.16 Å². The van der Waals surface area contributed by atoms with Crippen molar-refractivity contribution in [1.82, 2.24) is 0 Å². The molecule has 1 radical (unpaired) electrons. The minimum absolute atomic E-state index is 0.243. The van der Waals surface area contributed by atoms with Crippen LogP contribution in [0.4, 0.5) is 4.79 Å². The predicted molar refractivity (Wildman–Crippen MR) is 49.2 cm³/mol. The van der Waals surface area contributed by atoms with Gasteiger partial charge in [0.2, 0.25) is 0 Å². The first kappa shape index (κ1) is 10.4. The summed E-state index contributed by atoms with van der Waals surface area (Å²) < 4.78 is 9.38. The van der Waals surface area contributed by atoms with Crippen LogP contribution in [0.5, 0.6) is 0 Å². The van der Waals surface area contributed by atoms with Crippen molar-refractivity contribution in [2.75, 3.05) is 7.11 Å². The van der Waals surface area contributed by atoms with Crippen molar-refractivity contribution in [3.05, 3.63) is 6.92 Å². The Labute approximate surface area is 79.4 Å². The van der Waals surface area contributed by atoms with Crippen LogP contribution in [0.1, 0.15) is 32.1 Å². The lowest BCUT2D eigenvalue weighted by atomic mass is 9.86. The summed E-state index contributed by atoms with van der Waals surface area (Å²) in [6.07, 6.45) is 5.11. The molecule has 1 rings (SSSR count). The van der Waals surface area contributed by atoms with Crippen LogP contribution in [0.3, 0.4) is 0 Å². The van der Waals surface area contributed by atoms with Gasteiger partial charge in [-0.3, -0.25) is 0 Å². The smallest absolute Gasteiger partial charge is 0.438 e. The summed E-state index contributed by atoms with van der Waals surface area (Å²) in [6, 6.07) is 0. The average Bonchev–Trinajstić information content (AvgIpc) is 2.19. The quantitative estimate of drug-likeness (QED) is 0.620. The van der Waals surface area contributed by atoms with Crippen LogP contribution in [0.25, 0.3) is 0 Å². The number of ether oxygens (including phenoxy) is 2. The number of hydrogen-bond donors (Lipinski definition) is 0. The average molecular weight is 185 g/mol. The van der Waals surface area contributed by atoms with E-state index in [1.807, 2.05) is 0 Å². The fourth-order valence-corrected chi connectivity index (χ4v) is 1.77. The third-order valence-corrected chi connectivity index (χ3v) is 2.59. The van der Waals surface area contributed by atoms with Crippen LogP contribution in [0, 0.1) is 12.8 Å². The SMILES string of the molecule is [CH2]C(OC(=O)OC)C1CCCCC1. The van der Waals surface area contributed by atoms with E-state index >= 15 is 0 Å². The number of hydrogen-bond acceptors (Lipinski definition) is 3. The highest BCUT2D eigenvalue weighted by Gasteiger charge is 2.23. The summed E-state index contributed by atoms with van der Waals surface area (Å²) in [5.74, 6) is 0.424. The molecule has 0 aliphatic heterocycles. The number of rotatable bonds is 2. The van der Waals surface area contributed by atoms with E-state index in [-0.39, 0.29) is 6.10 Å². The molecule has 0 saturated heterocycles. The third-order valence-electron chi connectivity index (χ3n) is 2.59. The molecular weight excluding hydrogens is 168 g/mol. The van der Waals surface area contributed by atoms with Gasteiger partial charge in [0.15, 0.2) is 0 Å². The van der Waals surface area contributed by atoms with Crippen molar-refractivity contribution in [1.29, 1.82) is 0 Å². The maximum atomic E-state index is 10.8. The molecule has 0 aromatic heterocycles. The van der Waals surface area contributed by atoms with Gasteiger partial charge in [-0.15, -0.1) is 0 Å². The van der Waals surface area contributed by atoms with Crippen LogP contribution in [-0.4, -0.2) is 19.4 Å². The van der Waals surface area contributed by atoms with E-state index in [1.165, 1.54) is 26.4 Å². The van der Waals surface area contributed by atoms with E-state index in [2.05, 4.69) is 11.7 Å². The minimum Gasteiger partial charge on any atom is -0.438 e. The summed E-state index contributed by atoms with van der Waals surface area (Å²) in [5, 5.41) is 0. The van der Waals surface area contributed by atoms with Gasteiger partial charge < -0.3 is 9.47 Å². The van der Waals surface area contributed by atoms with Gasteiger partial charge in [-0.25, -0.2) is 4.79 Å². The molecule has 0 amide bonds. The first-order valence-electron chi connectivity index (χ1n) is 4.81. The van der Waals surface area contributed by atoms with Crippen molar-refractivity contribution >= 4 is 6.16 Å². The predicted octanol–water partition coefficient (Wildman–Crippen LogP) is 2.55. The molecule has 1 saturated carbocycles. The van der Waals surface area contributed by atoms with Crippen molar-refractivity contribution in [2.45, 2.75) is 38.2 Å². The molecule has 75 valence electrons. The molecule has 0 heterocycles. The zero-order valence-corrected chi connectivity index (χ0v) is 8.12. The van der Waals surface area contributed by atoms with Crippen LogP contribution in [0.2, 0.25) is 0 Å². The van der Waals surface area contributed by atoms with Crippen LogP contribution >= 0.6 is 0 Å².